The van der Waals surface area contributed by atoms with Gasteiger partial charge in [0.1, 0.15) is 0 Å². The molecule has 0 aromatic carbocycles. The maximum Gasteiger partial charge on any atom is 0.254 e. The van der Waals surface area contributed by atoms with Crippen LogP contribution >= 0.6 is 0 Å². The summed E-state index contributed by atoms with van der Waals surface area (Å²) < 4.78 is 1.48. The number of nitrogens with zero attached hydrogens (tertiary/aromatic N) is 1. The SMILES string of the molecule is CCCCCC(O)C=CC(=O)n1cccc1. The van der Waals surface area contributed by atoms with E-state index in [1.165, 1.54) is 10.6 Å². The van der Waals surface area contributed by atoms with Gasteiger partial charge < -0.3 is 5.11 Å². The molecule has 0 aliphatic rings. The predicted octanol–water partition coefficient (Wildman–Crippen LogP) is 2.63. The maximum atomic E-state index is 11.5. The lowest BCUT2D eigenvalue weighted by molar-refractivity contribution is 0.0966. The standard InChI is InChI=1S/C13H19NO2/c1-2-3-4-7-12(15)8-9-13(16)14-10-5-6-11-14/h5-6,8-12,15H,2-4,7H2,1H3. The third kappa shape index (κ3) is 4.45. The van der Waals surface area contributed by atoms with Crippen molar-refractivity contribution in [1.29, 1.82) is 0 Å². The van der Waals surface area contributed by atoms with E-state index in [2.05, 4.69) is 6.92 Å². The first-order valence-corrected chi connectivity index (χ1v) is 5.77. The summed E-state index contributed by atoms with van der Waals surface area (Å²) in [6.07, 6.45) is 9.85. The molecule has 1 N–H and O–H groups in total. The highest BCUT2D eigenvalue weighted by molar-refractivity contribution is 5.89. The van der Waals surface area contributed by atoms with Gasteiger partial charge >= 0.3 is 0 Å². The van der Waals surface area contributed by atoms with Gasteiger partial charge in [-0.1, -0.05) is 32.3 Å². The van der Waals surface area contributed by atoms with Gasteiger partial charge in [0.15, 0.2) is 0 Å². The number of hydrogen-bond donors (Lipinski definition) is 1. The topological polar surface area (TPSA) is 42.2 Å². The van der Waals surface area contributed by atoms with Crippen LogP contribution in [0.3, 0.4) is 0 Å². The molecule has 1 aromatic rings. The van der Waals surface area contributed by atoms with Crippen molar-refractivity contribution in [3.8, 4) is 0 Å². The third-order valence-electron chi connectivity index (χ3n) is 2.42. The molecule has 16 heavy (non-hydrogen) atoms. The number of aliphatic hydroxyl groups excluding tert-OH is 1. The zero-order chi connectivity index (χ0) is 11.8. The average Bonchev–Trinajstić information content (AvgIpc) is 2.79. The summed E-state index contributed by atoms with van der Waals surface area (Å²) in [5.41, 5.74) is 0. The lowest BCUT2D eigenvalue weighted by Gasteiger charge is -2.03. The highest BCUT2D eigenvalue weighted by atomic mass is 16.3. The molecular formula is C13H19NO2. The van der Waals surface area contributed by atoms with Crippen molar-refractivity contribution in [2.24, 2.45) is 0 Å². The molecule has 0 bridgehead atoms. The van der Waals surface area contributed by atoms with Gasteiger partial charge in [0.25, 0.3) is 5.91 Å². The maximum absolute atomic E-state index is 11.5. The van der Waals surface area contributed by atoms with Crippen molar-refractivity contribution in [2.45, 2.75) is 38.7 Å². The highest BCUT2D eigenvalue weighted by Gasteiger charge is 2.01. The van der Waals surface area contributed by atoms with Crippen LogP contribution in [0.5, 0.6) is 0 Å². The van der Waals surface area contributed by atoms with Crippen LogP contribution in [-0.4, -0.2) is 21.7 Å². The number of carbonyl (C=O) groups excluding carboxylic acids is 1. The van der Waals surface area contributed by atoms with E-state index in [9.17, 15) is 9.90 Å². The van der Waals surface area contributed by atoms with Gasteiger partial charge in [-0.2, -0.15) is 0 Å². The minimum absolute atomic E-state index is 0.125. The molecule has 1 aromatic heterocycles. The molecule has 0 aliphatic carbocycles. The smallest absolute Gasteiger partial charge is 0.254 e. The van der Waals surface area contributed by atoms with E-state index in [0.717, 1.165) is 25.7 Å². The van der Waals surface area contributed by atoms with Gasteiger partial charge in [0.2, 0.25) is 0 Å². The Labute approximate surface area is 96.4 Å². The van der Waals surface area contributed by atoms with Gasteiger partial charge in [-0.15, -0.1) is 0 Å². The van der Waals surface area contributed by atoms with E-state index in [-0.39, 0.29) is 5.91 Å². The van der Waals surface area contributed by atoms with Crippen LogP contribution in [-0.2, 0) is 0 Å². The Morgan fingerprint density at radius 3 is 2.69 bits per heavy atom. The van der Waals surface area contributed by atoms with Crippen LogP contribution < -0.4 is 0 Å². The minimum Gasteiger partial charge on any atom is -0.389 e. The number of aromatic nitrogens is 1. The summed E-state index contributed by atoms with van der Waals surface area (Å²) >= 11 is 0. The molecule has 0 spiro atoms. The quantitative estimate of drug-likeness (QED) is 0.592. The molecule has 0 aliphatic heterocycles. The van der Waals surface area contributed by atoms with Crippen molar-refractivity contribution < 1.29 is 9.90 Å². The number of unbranched alkanes of at least 4 members (excludes halogenated alkanes) is 2. The van der Waals surface area contributed by atoms with Crippen molar-refractivity contribution in [1.82, 2.24) is 4.57 Å². The normalized spacial score (nSPS) is 13.1. The summed E-state index contributed by atoms with van der Waals surface area (Å²) in [7, 11) is 0. The van der Waals surface area contributed by atoms with Gasteiger partial charge in [0.05, 0.1) is 6.10 Å². The molecule has 0 fully saturated rings. The molecule has 3 heteroatoms. The van der Waals surface area contributed by atoms with Gasteiger partial charge in [0, 0.05) is 18.5 Å². The number of rotatable bonds is 6. The molecule has 88 valence electrons. The van der Waals surface area contributed by atoms with E-state index in [0.29, 0.717) is 0 Å². The summed E-state index contributed by atoms with van der Waals surface area (Å²) in [5, 5.41) is 9.57. The Balaban J connectivity index is 2.33. The van der Waals surface area contributed by atoms with Crippen LogP contribution in [0.4, 0.5) is 0 Å². The average molecular weight is 221 g/mol. The summed E-state index contributed by atoms with van der Waals surface area (Å²) in [5.74, 6) is -0.125. The van der Waals surface area contributed by atoms with Gasteiger partial charge in [-0.3, -0.25) is 9.36 Å². The van der Waals surface area contributed by atoms with Crippen molar-refractivity contribution in [2.75, 3.05) is 0 Å². The van der Waals surface area contributed by atoms with E-state index in [4.69, 9.17) is 0 Å². The Morgan fingerprint density at radius 1 is 1.38 bits per heavy atom. The Bertz CT molecular complexity index is 328. The Kier molecular flexibility index (Phi) is 5.57. The second-order valence-corrected chi connectivity index (χ2v) is 3.85. The molecule has 1 atom stereocenters. The molecule has 3 nitrogen and oxygen atoms in total. The molecule has 0 amide bonds. The minimum atomic E-state index is -0.508. The van der Waals surface area contributed by atoms with Gasteiger partial charge in [-0.05, 0) is 18.6 Å². The number of carbonyl (C=O) groups is 1. The molecule has 1 rings (SSSR count). The van der Waals surface area contributed by atoms with E-state index in [1.807, 2.05) is 0 Å². The molecule has 1 heterocycles. The fraction of sp³-hybridized carbons (Fsp3) is 0.462. The van der Waals surface area contributed by atoms with Crippen LogP contribution in [0.15, 0.2) is 36.7 Å². The van der Waals surface area contributed by atoms with Crippen molar-refractivity contribution in [3.05, 3.63) is 36.7 Å². The zero-order valence-electron chi connectivity index (χ0n) is 9.67. The highest BCUT2D eigenvalue weighted by Crippen LogP contribution is 2.04. The largest absolute Gasteiger partial charge is 0.389 e. The fourth-order valence-electron chi connectivity index (χ4n) is 1.46. The van der Waals surface area contributed by atoms with Crippen LogP contribution in [0.1, 0.15) is 37.4 Å². The van der Waals surface area contributed by atoms with Gasteiger partial charge in [-0.25, -0.2) is 0 Å². The molecule has 0 radical (unpaired) electrons. The Hall–Kier alpha value is -1.35. The fourth-order valence-corrected chi connectivity index (χ4v) is 1.46. The van der Waals surface area contributed by atoms with E-state index < -0.39 is 6.10 Å². The summed E-state index contributed by atoms with van der Waals surface area (Å²) in [6.45, 7) is 2.12. The lowest BCUT2D eigenvalue weighted by Crippen LogP contribution is -2.07. The van der Waals surface area contributed by atoms with Crippen LogP contribution in [0.2, 0.25) is 0 Å². The zero-order valence-corrected chi connectivity index (χ0v) is 9.67. The van der Waals surface area contributed by atoms with Crippen molar-refractivity contribution >= 4 is 5.91 Å². The third-order valence-corrected chi connectivity index (χ3v) is 2.42. The van der Waals surface area contributed by atoms with Crippen molar-refractivity contribution in [3.63, 3.8) is 0 Å². The molecule has 0 saturated carbocycles. The van der Waals surface area contributed by atoms with Crippen LogP contribution in [0, 0.1) is 0 Å². The lowest BCUT2D eigenvalue weighted by atomic mass is 10.1. The first kappa shape index (κ1) is 12.7. The summed E-state index contributed by atoms with van der Waals surface area (Å²) in [4.78, 5) is 11.5. The molecule has 0 saturated heterocycles. The second kappa shape index (κ2) is 7.01. The predicted molar refractivity (Wildman–Crippen MR) is 64.3 cm³/mol. The van der Waals surface area contributed by atoms with E-state index in [1.54, 1.807) is 30.6 Å². The monoisotopic (exact) mass is 221 g/mol. The molecule has 1 unspecified atom stereocenters. The number of hydrogen-bond acceptors (Lipinski definition) is 2. The number of allylic oxidation sites excluding steroid dienone is 1. The Morgan fingerprint density at radius 2 is 2.06 bits per heavy atom. The first-order valence-electron chi connectivity index (χ1n) is 5.77. The molecular weight excluding hydrogens is 202 g/mol. The first-order chi connectivity index (χ1) is 7.74. The second-order valence-electron chi connectivity index (χ2n) is 3.85. The van der Waals surface area contributed by atoms with Crippen LogP contribution in [0.25, 0.3) is 0 Å². The number of aliphatic hydroxyl groups is 1. The summed E-state index contributed by atoms with van der Waals surface area (Å²) in [6, 6.07) is 3.59. The van der Waals surface area contributed by atoms with E-state index >= 15 is 0 Å².